The minimum Gasteiger partial charge on any atom is -0.298 e. The number of hydrogen-bond donors (Lipinski definition) is 1. The highest BCUT2D eigenvalue weighted by atomic mass is 35.5. The summed E-state index contributed by atoms with van der Waals surface area (Å²) in [6.07, 6.45) is 0. The summed E-state index contributed by atoms with van der Waals surface area (Å²) in [4.78, 5) is 38.7. The molecule has 0 aliphatic carbocycles. The van der Waals surface area contributed by atoms with Crippen LogP contribution in [0.2, 0.25) is 5.02 Å². The lowest BCUT2D eigenvalue weighted by atomic mass is 10.1. The standard InChI is InChI=1S/C22H13ClN4O5S/c23-16-7-1-13(2-8-16)19-20(14-3-9-17(10-4-14)26(29)30)33-22(24-19)25-21(28)15-5-11-18(12-6-15)27(31)32/h1-12H,(H,24,25,28). The van der Waals surface area contributed by atoms with Crippen LogP contribution in [0, 0.1) is 20.2 Å². The van der Waals surface area contributed by atoms with Gasteiger partial charge in [0, 0.05) is 40.4 Å². The molecule has 9 nitrogen and oxygen atoms in total. The molecule has 0 saturated heterocycles. The molecule has 0 fully saturated rings. The normalized spacial score (nSPS) is 10.6. The molecule has 1 heterocycles. The van der Waals surface area contributed by atoms with Crippen molar-refractivity contribution in [3.05, 3.63) is 104 Å². The van der Waals surface area contributed by atoms with Crippen LogP contribution in [0.25, 0.3) is 21.7 Å². The predicted molar refractivity (Wildman–Crippen MR) is 126 cm³/mol. The number of halogens is 1. The van der Waals surface area contributed by atoms with Crippen LogP contribution in [0.3, 0.4) is 0 Å². The number of anilines is 1. The van der Waals surface area contributed by atoms with Gasteiger partial charge in [-0.15, -0.1) is 0 Å². The van der Waals surface area contributed by atoms with E-state index in [2.05, 4.69) is 10.3 Å². The van der Waals surface area contributed by atoms with Gasteiger partial charge in [-0.2, -0.15) is 0 Å². The van der Waals surface area contributed by atoms with Gasteiger partial charge in [-0.3, -0.25) is 30.3 Å². The summed E-state index contributed by atoms with van der Waals surface area (Å²) in [6, 6.07) is 18.2. The molecule has 1 N–H and O–H groups in total. The quantitative estimate of drug-likeness (QED) is 0.258. The number of amides is 1. The van der Waals surface area contributed by atoms with Crippen molar-refractivity contribution in [1.29, 1.82) is 0 Å². The maximum Gasteiger partial charge on any atom is 0.269 e. The second-order valence-corrected chi connectivity index (χ2v) is 8.20. The molecule has 4 rings (SSSR count). The second kappa shape index (κ2) is 9.15. The molecule has 1 aromatic heterocycles. The number of carbonyl (C=O) groups excluding carboxylic acids is 1. The Balaban J connectivity index is 1.69. The SMILES string of the molecule is O=C(Nc1nc(-c2ccc(Cl)cc2)c(-c2ccc([N+](=O)[O-])cc2)s1)c1ccc([N+](=O)[O-])cc1. The van der Waals surface area contributed by atoms with Crippen molar-refractivity contribution in [2.45, 2.75) is 0 Å². The molecule has 0 radical (unpaired) electrons. The highest BCUT2D eigenvalue weighted by Crippen LogP contribution is 2.40. The van der Waals surface area contributed by atoms with Gasteiger partial charge in [0.1, 0.15) is 0 Å². The highest BCUT2D eigenvalue weighted by Gasteiger charge is 2.18. The fraction of sp³-hybridized carbons (Fsp3) is 0. The van der Waals surface area contributed by atoms with E-state index >= 15 is 0 Å². The van der Waals surface area contributed by atoms with E-state index in [1.807, 2.05) is 0 Å². The summed E-state index contributed by atoms with van der Waals surface area (Å²) in [6.45, 7) is 0. The third-order valence-corrected chi connectivity index (χ3v) is 5.92. The van der Waals surface area contributed by atoms with Crippen molar-refractivity contribution in [2.75, 3.05) is 5.32 Å². The van der Waals surface area contributed by atoms with Gasteiger partial charge in [0.25, 0.3) is 17.3 Å². The van der Waals surface area contributed by atoms with E-state index in [1.165, 1.54) is 47.7 Å². The van der Waals surface area contributed by atoms with Gasteiger partial charge < -0.3 is 0 Å². The molecule has 33 heavy (non-hydrogen) atoms. The molecule has 164 valence electrons. The van der Waals surface area contributed by atoms with Gasteiger partial charge in [0.2, 0.25) is 0 Å². The number of nitrogens with zero attached hydrogens (tertiary/aromatic N) is 3. The van der Waals surface area contributed by atoms with E-state index < -0.39 is 15.8 Å². The molecule has 1 amide bonds. The van der Waals surface area contributed by atoms with Crippen LogP contribution in [-0.2, 0) is 0 Å². The molecule has 0 saturated carbocycles. The molecule has 11 heteroatoms. The van der Waals surface area contributed by atoms with Crippen molar-refractivity contribution in [3.63, 3.8) is 0 Å². The number of nitrogens with one attached hydrogen (secondary N) is 1. The van der Waals surface area contributed by atoms with Crippen LogP contribution in [0.4, 0.5) is 16.5 Å². The first-order valence-electron chi connectivity index (χ1n) is 9.39. The number of hydrogen-bond acceptors (Lipinski definition) is 7. The van der Waals surface area contributed by atoms with Crippen LogP contribution < -0.4 is 5.32 Å². The Morgan fingerprint density at radius 2 is 1.33 bits per heavy atom. The Morgan fingerprint density at radius 3 is 1.88 bits per heavy atom. The largest absolute Gasteiger partial charge is 0.298 e. The number of nitro benzene ring substituents is 2. The van der Waals surface area contributed by atoms with Crippen molar-refractivity contribution in [2.24, 2.45) is 0 Å². The van der Waals surface area contributed by atoms with Gasteiger partial charge in [-0.05, 0) is 42.0 Å². The number of carbonyl (C=O) groups is 1. The third-order valence-electron chi connectivity index (χ3n) is 4.65. The Morgan fingerprint density at radius 1 is 0.818 bits per heavy atom. The van der Waals surface area contributed by atoms with Gasteiger partial charge in [0.15, 0.2) is 5.13 Å². The molecule has 0 aliphatic heterocycles. The van der Waals surface area contributed by atoms with E-state index in [9.17, 15) is 25.0 Å². The molecule has 3 aromatic carbocycles. The van der Waals surface area contributed by atoms with E-state index in [0.717, 1.165) is 5.56 Å². The van der Waals surface area contributed by atoms with Gasteiger partial charge in [-0.1, -0.05) is 35.1 Å². The van der Waals surface area contributed by atoms with Crippen LogP contribution in [0.1, 0.15) is 10.4 Å². The number of non-ortho nitro benzene ring substituents is 2. The zero-order chi connectivity index (χ0) is 23.5. The Labute approximate surface area is 195 Å². The van der Waals surface area contributed by atoms with Gasteiger partial charge in [0.05, 0.1) is 20.4 Å². The molecule has 0 spiro atoms. The fourth-order valence-corrected chi connectivity index (χ4v) is 4.13. The maximum atomic E-state index is 12.6. The zero-order valence-electron chi connectivity index (χ0n) is 16.6. The number of nitro groups is 2. The average Bonchev–Trinajstić information content (AvgIpc) is 3.23. The van der Waals surface area contributed by atoms with Crippen LogP contribution >= 0.6 is 22.9 Å². The van der Waals surface area contributed by atoms with E-state index in [-0.39, 0.29) is 16.9 Å². The van der Waals surface area contributed by atoms with Crippen molar-refractivity contribution >= 4 is 45.4 Å². The van der Waals surface area contributed by atoms with Gasteiger partial charge >= 0.3 is 0 Å². The van der Waals surface area contributed by atoms with E-state index in [4.69, 9.17) is 11.6 Å². The van der Waals surface area contributed by atoms with Crippen LogP contribution in [0.15, 0.2) is 72.8 Å². The molecule has 0 atom stereocenters. The summed E-state index contributed by atoms with van der Waals surface area (Å²) in [5, 5.41) is 25.4. The summed E-state index contributed by atoms with van der Waals surface area (Å²) < 4.78 is 0. The van der Waals surface area contributed by atoms with Crippen molar-refractivity contribution in [3.8, 4) is 21.7 Å². The first kappa shape index (κ1) is 22.1. The van der Waals surface area contributed by atoms with Crippen LogP contribution in [-0.4, -0.2) is 20.7 Å². The first-order valence-corrected chi connectivity index (χ1v) is 10.6. The zero-order valence-corrected chi connectivity index (χ0v) is 18.2. The Hall–Kier alpha value is -4.15. The monoisotopic (exact) mass is 480 g/mol. The number of benzene rings is 3. The Bertz CT molecular complexity index is 1350. The minimum absolute atomic E-state index is 0.0389. The highest BCUT2D eigenvalue weighted by molar-refractivity contribution is 7.19. The topological polar surface area (TPSA) is 128 Å². The first-order chi connectivity index (χ1) is 15.8. The molecular formula is C22H13ClN4O5S. The van der Waals surface area contributed by atoms with E-state index in [0.29, 0.717) is 26.3 Å². The second-order valence-electron chi connectivity index (χ2n) is 6.77. The number of thiazole rings is 1. The number of rotatable bonds is 6. The van der Waals surface area contributed by atoms with Crippen molar-refractivity contribution < 1.29 is 14.6 Å². The lowest BCUT2D eigenvalue weighted by Gasteiger charge is -2.03. The minimum atomic E-state index is -0.544. The van der Waals surface area contributed by atoms with Crippen LogP contribution in [0.5, 0.6) is 0 Å². The lowest BCUT2D eigenvalue weighted by Crippen LogP contribution is -2.11. The summed E-state index contributed by atoms with van der Waals surface area (Å²) in [5.41, 5.74) is 2.10. The third kappa shape index (κ3) is 4.86. The fourth-order valence-electron chi connectivity index (χ4n) is 3.01. The summed E-state index contributed by atoms with van der Waals surface area (Å²) in [7, 11) is 0. The predicted octanol–water partition coefficient (Wildman–Crippen LogP) is 6.20. The maximum absolute atomic E-state index is 12.6. The summed E-state index contributed by atoms with van der Waals surface area (Å²) >= 11 is 7.20. The average molecular weight is 481 g/mol. The molecule has 0 aliphatic rings. The molecule has 4 aromatic rings. The van der Waals surface area contributed by atoms with Gasteiger partial charge in [-0.25, -0.2) is 4.98 Å². The molecule has 0 bridgehead atoms. The molecule has 0 unspecified atom stereocenters. The van der Waals surface area contributed by atoms with Crippen molar-refractivity contribution in [1.82, 2.24) is 4.98 Å². The smallest absolute Gasteiger partial charge is 0.269 e. The summed E-state index contributed by atoms with van der Waals surface area (Å²) in [5.74, 6) is -0.475. The molecular weight excluding hydrogens is 468 g/mol. The Kier molecular flexibility index (Phi) is 6.11. The van der Waals surface area contributed by atoms with E-state index in [1.54, 1.807) is 36.4 Å². The lowest BCUT2D eigenvalue weighted by molar-refractivity contribution is -0.385. The number of aromatic nitrogens is 1.